The molecule has 1 aliphatic carbocycles. The van der Waals surface area contributed by atoms with Gasteiger partial charge in [0.15, 0.2) is 5.43 Å². The highest BCUT2D eigenvalue weighted by molar-refractivity contribution is 6.07. The minimum absolute atomic E-state index is 0.0198. The van der Waals surface area contributed by atoms with Gasteiger partial charge in [-0.05, 0) is 72.5 Å². The number of carbonyl (C=O) groups is 2. The molecule has 17 heteroatoms. The maximum Gasteiger partial charge on any atom is 0.336 e. The number of fused-ring (bicyclic) bond motifs is 2. The lowest BCUT2D eigenvalue weighted by Crippen LogP contribution is -2.41. The molecule has 3 heterocycles. The molecule has 0 amide bonds. The number of aromatic hydroxyl groups is 1. The summed E-state index contributed by atoms with van der Waals surface area (Å²) in [5, 5.41) is 41.2. The first-order valence-electron chi connectivity index (χ1n) is 24.9. The number of hydrogen-bond donors (Lipinski definition) is 8. The number of ether oxygens (including phenoxy) is 3. The number of nitrogens with zero attached hydrogens (tertiary/aromatic N) is 2. The SMILES string of the molecule is CC(=O)CCCOCCOCCOc1cc(CN2CCNCCNCCNCC2)cc(CN2CCNCCNCCNCC2)c1.O=C(O)c1ccccc1-c1c2ccc(=O)cc-2oc2cc(O)ccc12. The molecular formula is C53H74N8O9. The van der Waals surface area contributed by atoms with Crippen LogP contribution in [0.15, 0.2) is 88.1 Å². The third kappa shape index (κ3) is 18.8. The largest absolute Gasteiger partial charge is 0.508 e. The smallest absolute Gasteiger partial charge is 0.336 e. The van der Waals surface area contributed by atoms with Gasteiger partial charge in [-0.2, -0.15) is 0 Å². The summed E-state index contributed by atoms with van der Waals surface area (Å²) in [7, 11) is 0. The first-order chi connectivity index (χ1) is 34.2. The molecule has 0 spiro atoms. The van der Waals surface area contributed by atoms with Crippen LogP contribution in [0.25, 0.3) is 33.4 Å². The molecule has 0 atom stereocenters. The summed E-state index contributed by atoms with van der Waals surface area (Å²) in [6, 6.07) is 22.5. The summed E-state index contributed by atoms with van der Waals surface area (Å²) in [5.74, 6) is 0.416. The Labute approximate surface area is 412 Å². The van der Waals surface area contributed by atoms with Crippen LogP contribution in [0.3, 0.4) is 0 Å². The van der Waals surface area contributed by atoms with Crippen LogP contribution < -0.4 is 42.1 Å². The molecule has 8 N–H and O–H groups in total. The molecule has 7 rings (SSSR count). The van der Waals surface area contributed by atoms with Crippen LogP contribution in [-0.4, -0.2) is 170 Å². The Morgan fingerprint density at radius 3 is 1.73 bits per heavy atom. The molecule has 0 unspecified atom stereocenters. The standard InChI is InChI=1S/C33H62N8O4.C20H12O5/c1-30(42)3-2-20-43-21-22-44-23-24-45-33-26-31(28-40-16-12-36-8-4-34-5-9-37-13-17-40)25-32(27-33)29-41-18-14-38-10-6-35-7-11-39-15-19-41;21-11-5-7-15-17(9-11)25-18-10-12(22)6-8-16(18)19(15)13-3-1-2-4-14(13)20(23)24/h25-27,34-39H,2-24,28-29H2,1H3;1-10,21H,(H,23,24). The van der Waals surface area contributed by atoms with Crippen molar-refractivity contribution in [2.75, 3.05) is 138 Å². The number of phenols is 1. The average molecular weight is 967 g/mol. The lowest BCUT2D eigenvalue weighted by atomic mass is 9.91. The normalized spacial score (nSPS) is 16.5. The highest BCUT2D eigenvalue weighted by atomic mass is 16.5. The van der Waals surface area contributed by atoms with Crippen LogP contribution in [-0.2, 0) is 27.4 Å². The van der Waals surface area contributed by atoms with Crippen molar-refractivity contribution in [3.8, 4) is 33.9 Å². The van der Waals surface area contributed by atoms with Gasteiger partial charge in [0, 0.05) is 159 Å². The second-order valence-corrected chi connectivity index (χ2v) is 17.6. The number of hydrogen-bond acceptors (Lipinski definition) is 16. The van der Waals surface area contributed by atoms with E-state index in [9.17, 15) is 24.6 Å². The first kappa shape index (κ1) is 54.0. The highest BCUT2D eigenvalue weighted by Crippen LogP contribution is 2.41. The van der Waals surface area contributed by atoms with Crippen molar-refractivity contribution in [2.24, 2.45) is 0 Å². The predicted octanol–water partition coefficient (Wildman–Crippen LogP) is 3.61. The van der Waals surface area contributed by atoms with Gasteiger partial charge >= 0.3 is 5.97 Å². The van der Waals surface area contributed by atoms with Gasteiger partial charge in [-0.3, -0.25) is 14.6 Å². The number of carboxylic acids is 1. The van der Waals surface area contributed by atoms with Crippen LogP contribution >= 0.6 is 0 Å². The van der Waals surface area contributed by atoms with Crippen molar-refractivity contribution >= 4 is 22.7 Å². The Balaban J connectivity index is 0.000000268. The quantitative estimate of drug-likeness (QED) is 0.0495. The van der Waals surface area contributed by atoms with Crippen LogP contribution in [0.2, 0.25) is 0 Å². The lowest BCUT2D eigenvalue weighted by Gasteiger charge is -2.26. The van der Waals surface area contributed by atoms with Crippen LogP contribution in [0, 0.1) is 0 Å². The third-order valence-corrected chi connectivity index (χ3v) is 12.0. The molecule has 0 saturated carbocycles. The maximum absolute atomic E-state index is 11.7. The van der Waals surface area contributed by atoms with Gasteiger partial charge < -0.3 is 65.5 Å². The van der Waals surface area contributed by atoms with E-state index in [4.69, 9.17) is 18.6 Å². The minimum Gasteiger partial charge on any atom is -0.508 e. The van der Waals surface area contributed by atoms with Crippen LogP contribution in [0.5, 0.6) is 11.5 Å². The average Bonchev–Trinajstić information content (AvgIpc) is 3.33. The monoisotopic (exact) mass is 967 g/mol. The van der Waals surface area contributed by atoms with Crippen molar-refractivity contribution in [1.29, 1.82) is 0 Å². The Bertz CT molecular complexity index is 2310. The number of benzene rings is 4. The van der Waals surface area contributed by atoms with E-state index in [2.05, 4.69) is 59.9 Å². The van der Waals surface area contributed by atoms with Crippen molar-refractivity contribution < 1.29 is 38.4 Å². The molecule has 3 aromatic carbocycles. The first-order valence-corrected chi connectivity index (χ1v) is 24.9. The van der Waals surface area contributed by atoms with Gasteiger partial charge in [0.2, 0.25) is 0 Å². The van der Waals surface area contributed by atoms with E-state index >= 15 is 0 Å². The summed E-state index contributed by atoms with van der Waals surface area (Å²) in [5.41, 5.74) is 4.67. The molecule has 0 bridgehead atoms. The molecule has 0 radical (unpaired) electrons. The van der Waals surface area contributed by atoms with Gasteiger partial charge in [-0.1, -0.05) is 24.3 Å². The third-order valence-electron chi connectivity index (χ3n) is 12.0. The lowest BCUT2D eigenvalue weighted by molar-refractivity contribution is -0.117. The molecule has 3 aromatic rings. The van der Waals surface area contributed by atoms with Crippen molar-refractivity contribution in [2.45, 2.75) is 32.9 Å². The number of aromatic carboxylic acids is 1. The number of Topliss-reactive ketones (excluding diaryl/α,β-unsaturated/α-hetero) is 1. The second kappa shape index (κ2) is 30.4. The summed E-state index contributed by atoms with van der Waals surface area (Å²) < 4.78 is 23.3. The van der Waals surface area contributed by atoms with Crippen LogP contribution in [0.1, 0.15) is 41.3 Å². The molecule has 70 heavy (non-hydrogen) atoms. The number of nitrogens with one attached hydrogen (secondary N) is 6. The van der Waals surface area contributed by atoms with E-state index < -0.39 is 5.97 Å². The Hall–Kier alpha value is -5.31. The van der Waals surface area contributed by atoms with Crippen molar-refractivity contribution in [3.63, 3.8) is 0 Å². The Kier molecular flexibility index (Phi) is 23.5. The van der Waals surface area contributed by atoms with Gasteiger partial charge in [0.1, 0.15) is 35.2 Å². The second-order valence-electron chi connectivity index (χ2n) is 17.6. The van der Waals surface area contributed by atoms with E-state index in [-0.39, 0.29) is 22.5 Å². The van der Waals surface area contributed by atoms with E-state index in [0.717, 1.165) is 130 Å². The van der Waals surface area contributed by atoms with Gasteiger partial charge in [0.25, 0.3) is 0 Å². The molecule has 4 aliphatic rings. The fourth-order valence-electron chi connectivity index (χ4n) is 8.46. The molecular weight excluding hydrogens is 893 g/mol. The van der Waals surface area contributed by atoms with Gasteiger partial charge in [-0.15, -0.1) is 0 Å². The number of carbonyl (C=O) groups excluding carboxylic acids is 1. The Morgan fingerprint density at radius 2 is 1.16 bits per heavy atom. The van der Waals surface area contributed by atoms with Crippen LogP contribution in [0.4, 0.5) is 0 Å². The van der Waals surface area contributed by atoms with E-state index in [1.54, 1.807) is 37.3 Å². The fraction of sp³-hybridized carbons (Fsp3) is 0.491. The van der Waals surface area contributed by atoms with Crippen molar-refractivity contribution in [1.82, 2.24) is 41.7 Å². The Morgan fingerprint density at radius 1 is 0.614 bits per heavy atom. The number of rotatable bonds is 17. The molecule has 17 nitrogen and oxygen atoms in total. The van der Waals surface area contributed by atoms with Gasteiger partial charge in [0.05, 0.1) is 25.4 Å². The zero-order valence-electron chi connectivity index (χ0n) is 40.8. The molecule has 3 aliphatic heterocycles. The van der Waals surface area contributed by atoms with Crippen molar-refractivity contribution in [3.05, 3.63) is 106 Å². The fourth-order valence-corrected chi connectivity index (χ4v) is 8.46. The summed E-state index contributed by atoms with van der Waals surface area (Å²) in [6.45, 7) is 21.9. The number of ketones is 1. The number of phenolic OH excluding ortho intramolecular Hbond substituents is 1. The highest BCUT2D eigenvalue weighted by Gasteiger charge is 2.22. The van der Waals surface area contributed by atoms with E-state index in [1.165, 1.54) is 41.5 Å². The molecule has 2 saturated heterocycles. The summed E-state index contributed by atoms with van der Waals surface area (Å²) in [4.78, 5) is 39.5. The zero-order valence-corrected chi connectivity index (χ0v) is 40.8. The molecule has 2 fully saturated rings. The maximum atomic E-state index is 11.7. The van der Waals surface area contributed by atoms with E-state index in [1.807, 2.05) is 0 Å². The zero-order chi connectivity index (χ0) is 49.2. The van der Waals surface area contributed by atoms with E-state index in [0.29, 0.717) is 72.9 Å². The molecule has 0 aromatic heterocycles. The molecule has 380 valence electrons. The summed E-state index contributed by atoms with van der Waals surface area (Å²) >= 11 is 0. The number of carboxylic acid groups (broad SMARTS) is 1. The minimum atomic E-state index is -1.04. The predicted molar refractivity (Wildman–Crippen MR) is 274 cm³/mol. The summed E-state index contributed by atoms with van der Waals surface area (Å²) in [6.07, 6.45) is 1.34. The van der Waals surface area contributed by atoms with Gasteiger partial charge in [-0.25, -0.2) is 4.79 Å². The topological polar surface area (TPSA) is 211 Å².